The second kappa shape index (κ2) is 9.65. The average molecular weight is 411 g/mol. The fourth-order valence-corrected chi connectivity index (χ4v) is 3.32. The molecule has 0 spiro atoms. The zero-order chi connectivity index (χ0) is 21.6. The number of carbonyl (C=O) groups is 2. The Balaban J connectivity index is 1.48. The van der Waals surface area contributed by atoms with Crippen molar-refractivity contribution in [1.82, 2.24) is 10.2 Å². The minimum Gasteiger partial charge on any atom is -0.489 e. The van der Waals surface area contributed by atoms with Crippen LogP contribution in [0.2, 0.25) is 0 Å². The summed E-state index contributed by atoms with van der Waals surface area (Å²) < 4.78 is 11.2. The molecule has 0 aromatic heterocycles. The molecule has 2 amide bonds. The number of ether oxygens (including phenoxy) is 2. The Bertz CT molecular complexity index is 844. The fraction of sp³-hybridized carbons (Fsp3) is 0.417. The molecular formula is C24H30N2O4. The van der Waals surface area contributed by atoms with E-state index in [9.17, 15) is 9.59 Å². The molecule has 6 nitrogen and oxygen atoms in total. The van der Waals surface area contributed by atoms with Gasteiger partial charge >= 0.3 is 6.09 Å². The maximum Gasteiger partial charge on any atom is 0.410 e. The lowest BCUT2D eigenvalue weighted by Crippen LogP contribution is -2.47. The minimum absolute atomic E-state index is 0.144. The zero-order valence-corrected chi connectivity index (χ0v) is 17.9. The summed E-state index contributed by atoms with van der Waals surface area (Å²) in [5.74, 6) is 0.690. The van der Waals surface area contributed by atoms with E-state index in [-0.39, 0.29) is 5.91 Å². The smallest absolute Gasteiger partial charge is 0.410 e. The summed E-state index contributed by atoms with van der Waals surface area (Å²) in [6.45, 7) is 6.92. The summed E-state index contributed by atoms with van der Waals surface area (Å²) in [6, 6.07) is 17.1. The highest BCUT2D eigenvalue weighted by molar-refractivity contribution is 5.86. The molecule has 6 heteroatoms. The molecule has 1 N–H and O–H groups in total. The fourth-order valence-electron chi connectivity index (χ4n) is 3.32. The molecule has 1 aliphatic rings. The largest absolute Gasteiger partial charge is 0.489 e. The van der Waals surface area contributed by atoms with E-state index in [1.807, 2.05) is 75.4 Å². The number of rotatable bonds is 6. The first-order chi connectivity index (χ1) is 14.3. The third-order valence-electron chi connectivity index (χ3n) is 4.82. The SMILES string of the molecule is CC(C)(C)OC(=O)N1CCC[C@H]1C(=O)NCc1ccc(COc2ccccc2)cc1. The van der Waals surface area contributed by atoms with Crippen molar-refractivity contribution < 1.29 is 19.1 Å². The van der Waals surface area contributed by atoms with Gasteiger partial charge in [0.25, 0.3) is 0 Å². The van der Waals surface area contributed by atoms with Gasteiger partial charge in [0, 0.05) is 13.1 Å². The lowest BCUT2D eigenvalue weighted by atomic mass is 10.1. The van der Waals surface area contributed by atoms with E-state index < -0.39 is 17.7 Å². The summed E-state index contributed by atoms with van der Waals surface area (Å²) in [7, 11) is 0. The van der Waals surface area contributed by atoms with Crippen LogP contribution in [0.4, 0.5) is 4.79 Å². The summed E-state index contributed by atoms with van der Waals surface area (Å²) in [4.78, 5) is 26.5. The number of hydrogen-bond acceptors (Lipinski definition) is 4. The molecule has 1 heterocycles. The Morgan fingerprint density at radius 3 is 2.37 bits per heavy atom. The third-order valence-corrected chi connectivity index (χ3v) is 4.82. The minimum atomic E-state index is -0.577. The van der Waals surface area contributed by atoms with E-state index in [4.69, 9.17) is 9.47 Å². The van der Waals surface area contributed by atoms with Gasteiger partial charge in [0.05, 0.1) is 0 Å². The number of nitrogens with zero attached hydrogens (tertiary/aromatic N) is 1. The molecule has 1 aliphatic heterocycles. The van der Waals surface area contributed by atoms with Gasteiger partial charge in [0.15, 0.2) is 0 Å². The average Bonchev–Trinajstić information content (AvgIpc) is 3.21. The molecule has 0 unspecified atom stereocenters. The van der Waals surface area contributed by atoms with Crippen molar-refractivity contribution in [3.05, 3.63) is 65.7 Å². The van der Waals surface area contributed by atoms with Crippen molar-refractivity contribution in [3.63, 3.8) is 0 Å². The molecule has 0 aliphatic carbocycles. The van der Waals surface area contributed by atoms with Crippen molar-refractivity contribution >= 4 is 12.0 Å². The quantitative estimate of drug-likeness (QED) is 0.772. The summed E-state index contributed by atoms with van der Waals surface area (Å²) in [5, 5.41) is 2.95. The molecule has 160 valence electrons. The number of hydrogen-bond donors (Lipinski definition) is 1. The Morgan fingerprint density at radius 1 is 1.03 bits per heavy atom. The van der Waals surface area contributed by atoms with E-state index >= 15 is 0 Å². The molecule has 3 rings (SSSR count). The highest BCUT2D eigenvalue weighted by Crippen LogP contribution is 2.21. The monoisotopic (exact) mass is 410 g/mol. The topological polar surface area (TPSA) is 67.9 Å². The molecule has 0 bridgehead atoms. The molecule has 30 heavy (non-hydrogen) atoms. The van der Waals surface area contributed by atoms with Crippen LogP contribution in [0.15, 0.2) is 54.6 Å². The predicted octanol–water partition coefficient (Wildman–Crippen LogP) is 4.28. The van der Waals surface area contributed by atoms with Crippen LogP contribution < -0.4 is 10.1 Å². The van der Waals surface area contributed by atoms with Crippen LogP contribution in [0.5, 0.6) is 5.75 Å². The van der Waals surface area contributed by atoms with E-state index in [1.165, 1.54) is 4.90 Å². The highest BCUT2D eigenvalue weighted by Gasteiger charge is 2.36. The van der Waals surface area contributed by atoms with E-state index in [1.54, 1.807) is 0 Å². The molecule has 2 aromatic carbocycles. The van der Waals surface area contributed by atoms with Crippen molar-refractivity contribution in [2.75, 3.05) is 6.54 Å². The normalized spacial score (nSPS) is 16.2. The Morgan fingerprint density at radius 2 is 1.70 bits per heavy atom. The zero-order valence-electron chi connectivity index (χ0n) is 17.9. The summed E-state index contributed by atoms with van der Waals surface area (Å²) in [5.41, 5.74) is 1.47. The van der Waals surface area contributed by atoms with Crippen LogP contribution >= 0.6 is 0 Å². The van der Waals surface area contributed by atoms with Crippen LogP contribution in [0.25, 0.3) is 0 Å². The third kappa shape index (κ3) is 6.24. The predicted molar refractivity (Wildman–Crippen MR) is 115 cm³/mol. The van der Waals surface area contributed by atoms with Crippen molar-refractivity contribution in [2.45, 2.75) is 58.4 Å². The van der Waals surface area contributed by atoms with Gasteiger partial charge in [-0.05, 0) is 56.9 Å². The van der Waals surface area contributed by atoms with Crippen molar-refractivity contribution in [2.24, 2.45) is 0 Å². The number of para-hydroxylation sites is 1. The first kappa shape index (κ1) is 21.7. The highest BCUT2D eigenvalue weighted by atomic mass is 16.6. The van der Waals surface area contributed by atoms with E-state index in [2.05, 4.69) is 5.32 Å². The van der Waals surface area contributed by atoms with Gasteiger partial charge in [-0.2, -0.15) is 0 Å². The van der Waals surface area contributed by atoms with Gasteiger partial charge in [0.2, 0.25) is 5.91 Å². The number of benzene rings is 2. The van der Waals surface area contributed by atoms with Crippen molar-refractivity contribution in [3.8, 4) is 5.75 Å². The summed E-state index contributed by atoms with van der Waals surface area (Å²) in [6.07, 6.45) is 1.02. The van der Waals surface area contributed by atoms with E-state index in [0.717, 1.165) is 23.3 Å². The van der Waals surface area contributed by atoms with Crippen LogP contribution in [0.3, 0.4) is 0 Å². The maximum atomic E-state index is 12.6. The Hall–Kier alpha value is -3.02. The Labute approximate surface area is 178 Å². The van der Waals surface area contributed by atoms with Gasteiger partial charge in [-0.1, -0.05) is 42.5 Å². The first-order valence-electron chi connectivity index (χ1n) is 10.3. The first-order valence-corrected chi connectivity index (χ1v) is 10.3. The van der Waals surface area contributed by atoms with Crippen LogP contribution in [-0.4, -0.2) is 35.1 Å². The summed E-state index contributed by atoms with van der Waals surface area (Å²) >= 11 is 0. The molecule has 0 saturated carbocycles. The lowest BCUT2D eigenvalue weighted by molar-refractivity contribution is -0.125. The van der Waals surface area contributed by atoms with E-state index in [0.29, 0.717) is 26.1 Å². The molecule has 2 aromatic rings. The molecule has 1 saturated heterocycles. The lowest BCUT2D eigenvalue weighted by Gasteiger charge is -2.28. The number of nitrogens with one attached hydrogen (secondary N) is 1. The second-order valence-electron chi connectivity index (χ2n) is 8.47. The number of likely N-dealkylation sites (tertiary alicyclic amines) is 1. The molecule has 0 radical (unpaired) electrons. The van der Waals surface area contributed by atoms with Gasteiger partial charge in [-0.25, -0.2) is 4.79 Å². The second-order valence-corrected chi connectivity index (χ2v) is 8.47. The number of amides is 2. The number of carbonyl (C=O) groups excluding carboxylic acids is 2. The molecule has 1 atom stereocenters. The Kier molecular flexibility index (Phi) is 6.98. The standard InChI is InChI=1S/C24H30N2O4/c1-24(2,3)30-23(28)26-15-7-10-21(26)22(27)25-16-18-11-13-19(14-12-18)17-29-20-8-5-4-6-9-20/h4-6,8-9,11-14,21H,7,10,15-17H2,1-3H3,(H,25,27)/t21-/m0/s1. The molecular weight excluding hydrogens is 380 g/mol. The van der Waals surface area contributed by atoms with Gasteiger partial charge in [-0.15, -0.1) is 0 Å². The van der Waals surface area contributed by atoms with Gasteiger partial charge < -0.3 is 14.8 Å². The molecule has 1 fully saturated rings. The maximum absolute atomic E-state index is 12.6. The van der Waals surface area contributed by atoms with Gasteiger partial charge in [0.1, 0.15) is 24.0 Å². The van der Waals surface area contributed by atoms with Crippen LogP contribution in [-0.2, 0) is 22.7 Å². The van der Waals surface area contributed by atoms with Crippen molar-refractivity contribution in [1.29, 1.82) is 0 Å². The van der Waals surface area contributed by atoms with Gasteiger partial charge in [-0.3, -0.25) is 9.69 Å². The van der Waals surface area contributed by atoms with Crippen LogP contribution in [0.1, 0.15) is 44.7 Å². The van der Waals surface area contributed by atoms with Crippen LogP contribution in [0, 0.1) is 0 Å².